The van der Waals surface area contributed by atoms with Crippen LogP contribution in [0.1, 0.15) is 6.92 Å². The molecule has 0 heterocycles. The molecular formula is C17H26O4Si. The van der Waals surface area contributed by atoms with Gasteiger partial charge in [0, 0.05) is 12.7 Å². The quantitative estimate of drug-likeness (QED) is 0.319. The van der Waals surface area contributed by atoms with Crippen LogP contribution in [0.3, 0.4) is 0 Å². The van der Waals surface area contributed by atoms with Crippen LogP contribution in [0.4, 0.5) is 0 Å². The molecule has 2 atom stereocenters. The summed E-state index contributed by atoms with van der Waals surface area (Å²) >= 11 is 0. The molecular weight excluding hydrogens is 296 g/mol. The molecule has 0 amide bonds. The largest absolute Gasteiger partial charge is 0.467 e. The summed E-state index contributed by atoms with van der Waals surface area (Å²) in [5.41, 5.74) is -0.0394. The van der Waals surface area contributed by atoms with E-state index in [1.807, 2.05) is 31.2 Å². The van der Waals surface area contributed by atoms with Crippen molar-refractivity contribution >= 4 is 19.2 Å². The third kappa shape index (κ3) is 4.53. The predicted molar refractivity (Wildman–Crippen MR) is 90.9 cm³/mol. The number of benzene rings is 1. The van der Waals surface area contributed by atoms with Crippen molar-refractivity contribution in [2.45, 2.75) is 31.7 Å². The molecule has 1 aromatic rings. The molecule has 0 saturated carbocycles. The lowest BCUT2D eigenvalue weighted by Gasteiger charge is -2.35. The molecule has 0 aliphatic heterocycles. The SMILES string of the molecule is C/C=C/[C@H]([C@@H](OCOC)C(=O)OC)[Si](C)(C)c1ccccc1. The van der Waals surface area contributed by atoms with Crippen LogP contribution in [0.25, 0.3) is 0 Å². The molecule has 0 aromatic heterocycles. The highest BCUT2D eigenvalue weighted by atomic mass is 28.3. The summed E-state index contributed by atoms with van der Waals surface area (Å²) in [6, 6.07) is 10.3. The molecule has 0 N–H and O–H groups in total. The third-order valence-electron chi connectivity index (χ3n) is 3.88. The van der Waals surface area contributed by atoms with Gasteiger partial charge in [0.15, 0.2) is 6.10 Å². The van der Waals surface area contributed by atoms with E-state index in [4.69, 9.17) is 14.2 Å². The summed E-state index contributed by atoms with van der Waals surface area (Å²) in [5.74, 6) is -0.364. The first-order valence-corrected chi connectivity index (χ1v) is 10.4. The highest BCUT2D eigenvalue weighted by Gasteiger charge is 2.41. The van der Waals surface area contributed by atoms with Gasteiger partial charge < -0.3 is 14.2 Å². The molecule has 0 saturated heterocycles. The summed E-state index contributed by atoms with van der Waals surface area (Å²) in [5, 5.41) is 1.27. The lowest BCUT2D eigenvalue weighted by molar-refractivity contribution is -0.161. The lowest BCUT2D eigenvalue weighted by atomic mass is 10.2. The number of carbonyl (C=O) groups is 1. The summed E-state index contributed by atoms with van der Waals surface area (Å²) in [6.45, 7) is 6.48. The zero-order valence-electron chi connectivity index (χ0n) is 14.0. The van der Waals surface area contributed by atoms with Crippen molar-refractivity contribution in [1.29, 1.82) is 0 Å². The van der Waals surface area contributed by atoms with Crippen LogP contribution < -0.4 is 5.19 Å². The van der Waals surface area contributed by atoms with Gasteiger partial charge >= 0.3 is 5.97 Å². The number of carbonyl (C=O) groups excluding carboxylic acids is 1. The molecule has 0 unspecified atom stereocenters. The van der Waals surface area contributed by atoms with Crippen LogP contribution in [0, 0.1) is 0 Å². The molecule has 4 nitrogen and oxygen atoms in total. The second kappa shape index (κ2) is 8.88. The number of hydrogen-bond acceptors (Lipinski definition) is 4. The van der Waals surface area contributed by atoms with E-state index < -0.39 is 14.2 Å². The Morgan fingerprint density at radius 2 is 1.86 bits per heavy atom. The zero-order chi connectivity index (χ0) is 16.6. The molecule has 5 heteroatoms. The number of methoxy groups -OCH3 is 2. The monoisotopic (exact) mass is 322 g/mol. The first kappa shape index (κ1) is 18.6. The van der Waals surface area contributed by atoms with Crippen LogP contribution in [-0.2, 0) is 19.0 Å². The minimum absolute atomic E-state index is 0.0394. The van der Waals surface area contributed by atoms with E-state index in [0.717, 1.165) is 0 Å². The summed E-state index contributed by atoms with van der Waals surface area (Å²) < 4.78 is 15.6. The van der Waals surface area contributed by atoms with Gasteiger partial charge in [-0.1, -0.05) is 60.8 Å². The number of allylic oxidation sites excluding steroid dienone is 1. The molecule has 0 radical (unpaired) electrons. The Hall–Kier alpha value is -1.43. The van der Waals surface area contributed by atoms with Gasteiger partial charge in [0.25, 0.3) is 0 Å². The third-order valence-corrected chi connectivity index (χ3v) is 7.86. The maximum atomic E-state index is 12.2. The average molecular weight is 322 g/mol. The maximum absolute atomic E-state index is 12.2. The van der Waals surface area contributed by atoms with Crippen LogP contribution in [0.15, 0.2) is 42.5 Å². The van der Waals surface area contributed by atoms with E-state index in [9.17, 15) is 4.79 Å². The summed E-state index contributed by atoms with van der Waals surface area (Å²) in [4.78, 5) is 12.2. The Morgan fingerprint density at radius 3 is 2.36 bits per heavy atom. The molecule has 122 valence electrons. The van der Waals surface area contributed by atoms with Crippen molar-refractivity contribution in [2.24, 2.45) is 0 Å². The Morgan fingerprint density at radius 1 is 1.23 bits per heavy atom. The van der Waals surface area contributed by atoms with Gasteiger partial charge in [-0.05, 0) is 6.92 Å². The second-order valence-electron chi connectivity index (χ2n) is 5.66. The van der Waals surface area contributed by atoms with Gasteiger partial charge in [0.1, 0.15) is 6.79 Å². The minimum Gasteiger partial charge on any atom is -0.467 e. The lowest BCUT2D eigenvalue weighted by Crippen LogP contribution is -2.52. The Bertz CT molecular complexity index is 485. The van der Waals surface area contributed by atoms with Crippen LogP contribution >= 0.6 is 0 Å². The fourth-order valence-corrected chi connectivity index (χ4v) is 5.66. The van der Waals surface area contributed by atoms with Crippen molar-refractivity contribution in [1.82, 2.24) is 0 Å². The van der Waals surface area contributed by atoms with E-state index in [1.165, 1.54) is 12.3 Å². The summed E-state index contributed by atoms with van der Waals surface area (Å²) in [6.07, 6.45) is 3.35. The average Bonchev–Trinajstić information content (AvgIpc) is 2.54. The Kier molecular flexibility index (Phi) is 7.51. The second-order valence-corrected chi connectivity index (χ2v) is 10.3. The molecule has 1 aromatic carbocycles. The fourth-order valence-electron chi connectivity index (χ4n) is 2.56. The van der Waals surface area contributed by atoms with Crippen LogP contribution in [0.5, 0.6) is 0 Å². The first-order chi connectivity index (χ1) is 10.5. The highest BCUT2D eigenvalue weighted by molar-refractivity contribution is 6.91. The van der Waals surface area contributed by atoms with E-state index in [0.29, 0.717) is 0 Å². The van der Waals surface area contributed by atoms with E-state index in [-0.39, 0.29) is 18.3 Å². The van der Waals surface area contributed by atoms with E-state index in [2.05, 4.69) is 31.3 Å². The molecule has 0 aliphatic rings. The van der Waals surface area contributed by atoms with Crippen molar-refractivity contribution in [3.05, 3.63) is 42.5 Å². The van der Waals surface area contributed by atoms with E-state index in [1.54, 1.807) is 7.11 Å². The predicted octanol–water partition coefficient (Wildman–Crippen LogP) is 2.71. The van der Waals surface area contributed by atoms with Crippen molar-refractivity contribution in [3.63, 3.8) is 0 Å². The molecule has 22 heavy (non-hydrogen) atoms. The van der Waals surface area contributed by atoms with Crippen LogP contribution in [-0.4, -0.2) is 41.2 Å². The molecule has 0 bridgehead atoms. The summed E-state index contributed by atoms with van der Waals surface area (Å²) in [7, 11) is 0.935. The van der Waals surface area contributed by atoms with Gasteiger partial charge in [-0.2, -0.15) is 0 Å². The van der Waals surface area contributed by atoms with Crippen molar-refractivity contribution in [2.75, 3.05) is 21.0 Å². The Labute approximate surface area is 134 Å². The number of esters is 1. The number of hydrogen-bond donors (Lipinski definition) is 0. The Balaban J connectivity index is 3.20. The van der Waals surface area contributed by atoms with Gasteiger partial charge in [-0.3, -0.25) is 0 Å². The topological polar surface area (TPSA) is 44.8 Å². The van der Waals surface area contributed by atoms with Gasteiger partial charge in [0.05, 0.1) is 15.2 Å². The first-order valence-electron chi connectivity index (χ1n) is 7.35. The number of ether oxygens (including phenoxy) is 3. The molecule has 1 rings (SSSR count). The molecule has 0 fully saturated rings. The van der Waals surface area contributed by atoms with Gasteiger partial charge in [-0.25, -0.2) is 4.79 Å². The fraction of sp³-hybridized carbons (Fsp3) is 0.471. The van der Waals surface area contributed by atoms with Crippen molar-refractivity contribution < 1.29 is 19.0 Å². The van der Waals surface area contributed by atoms with E-state index >= 15 is 0 Å². The zero-order valence-corrected chi connectivity index (χ0v) is 15.0. The molecule has 0 aliphatic carbocycles. The smallest absolute Gasteiger partial charge is 0.335 e. The maximum Gasteiger partial charge on any atom is 0.335 e. The number of rotatable bonds is 8. The molecule has 0 spiro atoms. The minimum atomic E-state index is -1.99. The highest BCUT2D eigenvalue weighted by Crippen LogP contribution is 2.30. The normalized spacial score (nSPS) is 14.8. The standard InChI is InChI=1S/C17H26O4Si/c1-6-10-15(16(17(18)20-3)21-13-19-2)22(4,5)14-11-8-7-9-12-14/h6-12,15-16H,13H2,1-5H3/b10-6+/t15-,16-/m1/s1. The van der Waals surface area contributed by atoms with Gasteiger partial charge in [-0.15, -0.1) is 0 Å². The van der Waals surface area contributed by atoms with Crippen molar-refractivity contribution in [3.8, 4) is 0 Å². The van der Waals surface area contributed by atoms with Gasteiger partial charge in [0.2, 0.25) is 0 Å². The van der Waals surface area contributed by atoms with Crippen LogP contribution in [0.2, 0.25) is 18.6 Å².